The van der Waals surface area contributed by atoms with E-state index in [1.54, 1.807) is 31.2 Å². The van der Waals surface area contributed by atoms with E-state index < -0.39 is 17.5 Å². The third kappa shape index (κ3) is 3.20. The van der Waals surface area contributed by atoms with Crippen LogP contribution in [0.5, 0.6) is 11.5 Å². The SMILES string of the molecule is COc1cc(Cl)c(NC(=O)C2(C)Cc3ccccc3C(=O)O2)cc1OC. The van der Waals surface area contributed by atoms with Gasteiger partial charge in [-0.15, -0.1) is 0 Å². The van der Waals surface area contributed by atoms with E-state index in [1.807, 2.05) is 12.1 Å². The number of benzene rings is 2. The van der Waals surface area contributed by atoms with Crippen LogP contribution < -0.4 is 14.8 Å². The second-order valence-electron chi connectivity index (χ2n) is 6.10. The Balaban J connectivity index is 1.88. The van der Waals surface area contributed by atoms with Gasteiger partial charge in [-0.25, -0.2) is 4.79 Å². The zero-order valence-corrected chi connectivity index (χ0v) is 15.3. The molecule has 1 aliphatic rings. The van der Waals surface area contributed by atoms with E-state index in [1.165, 1.54) is 14.2 Å². The number of esters is 1. The monoisotopic (exact) mass is 375 g/mol. The molecule has 1 N–H and O–H groups in total. The van der Waals surface area contributed by atoms with Gasteiger partial charge >= 0.3 is 5.97 Å². The lowest BCUT2D eigenvalue weighted by Crippen LogP contribution is -2.48. The first-order chi connectivity index (χ1) is 12.4. The Bertz CT molecular complexity index is 882. The largest absolute Gasteiger partial charge is 0.493 e. The second-order valence-corrected chi connectivity index (χ2v) is 6.50. The topological polar surface area (TPSA) is 73.9 Å². The molecule has 2 aromatic carbocycles. The summed E-state index contributed by atoms with van der Waals surface area (Å²) >= 11 is 6.22. The molecule has 0 aliphatic carbocycles. The first kappa shape index (κ1) is 18.1. The number of ether oxygens (including phenoxy) is 3. The van der Waals surface area contributed by atoms with Gasteiger partial charge in [-0.1, -0.05) is 29.8 Å². The summed E-state index contributed by atoms with van der Waals surface area (Å²) in [5.74, 6) is -0.138. The van der Waals surface area contributed by atoms with Gasteiger partial charge in [0.1, 0.15) is 0 Å². The van der Waals surface area contributed by atoms with Crippen LogP contribution in [0.2, 0.25) is 5.02 Å². The summed E-state index contributed by atoms with van der Waals surface area (Å²) in [7, 11) is 2.98. The van der Waals surface area contributed by atoms with Crippen LogP contribution in [0.15, 0.2) is 36.4 Å². The van der Waals surface area contributed by atoms with E-state index in [2.05, 4.69) is 5.32 Å². The van der Waals surface area contributed by atoms with Gasteiger partial charge in [0.2, 0.25) is 0 Å². The van der Waals surface area contributed by atoms with Crippen LogP contribution in [0, 0.1) is 0 Å². The van der Waals surface area contributed by atoms with E-state index in [4.69, 9.17) is 25.8 Å². The molecule has 136 valence electrons. The number of fused-ring (bicyclic) bond motifs is 1. The maximum Gasteiger partial charge on any atom is 0.339 e. The first-order valence-electron chi connectivity index (χ1n) is 7.92. The van der Waals surface area contributed by atoms with E-state index in [-0.39, 0.29) is 11.4 Å². The molecule has 1 aliphatic heterocycles. The number of amides is 1. The van der Waals surface area contributed by atoms with Crippen molar-refractivity contribution < 1.29 is 23.8 Å². The molecule has 1 heterocycles. The fourth-order valence-corrected chi connectivity index (χ4v) is 3.06. The molecule has 26 heavy (non-hydrogen) atoms. The average Bonchev–Trinajstić information content (AvgIpc) is 2.62. The molecule has 0 radical (unpaired) electrons. The number of hydrogen-bond donors (Lipinski definition) is 1. The summed E-state index contributed by atoms with van der Waals surface area (Å²) in [5, 5.41) is 2.99. The van der Waals surface area contributed by atoms with Crippen LogP contribution in [-0.2, 0) is 16.0 Å². The summed E-state index contributed by atoms with van der Waals surface area (Å²) in [6, 6.07) is 10.2. The normalized spacial score (nSPS) is 18.5. The lowest BCUT2D eigenvalue weighted by atomic mass is 9.89. The van der Waals surface area contributed by atoms with Crippen LogP contribution in [0.1, 0.15) is 22.8 Å². The van der Waals surface area contributed by atoms with Crippen molar-refractivity contribution >= 4 is 29.2 Å². The van der Waals surface area contributed by atoms with Crippen LogP contribution >= 0.6 is 11.6 Å². The van der Waals surface area contributed by atoms with Crippen molar-refractivity contribution in [2.24, 2.45) is 0 Å². The molecular weight excluding hydrogens is 358 g/mol. The minimum absolute atomic E-state index is 0.269. The molecule has 1 unspecified atom stereocenters. The summed E-state index contributed by atoms with van der Waals surface area (Å²) in [6.07, 6.45) is 0.269. The Morgan fingerprint density at radius 1 is 1.19 bits per heavy atom. The van der Waals surface area contributed by atoms with Gasteiger partial charge in [0.05, 0.1) is 30.5 Å². The molecule has 0 aromatic heterocycles. The average molecular weight is 376 g/mol. The van der Waals surface area contributed by atoms with Crippen molar-refractivity contribution in [3.63, 3.8) is 0 Å². The van der Waals surface area contributed by atoms with Gasteiger partial charge in [0, 0.05) is 18.6 Å². The van der Waals surface area contributed by atoms with Gasteiger partial charge in [0.15, 0.2) is 17.1 Å². The summed E-state index contributed by atoms with van der Waals surface area (Å²) in [6.45, 7) is 1.57. The number of carbonyl (C=O) groups is 2. The molecule has 0 fully saturated rings. The zero-order chi connectivity index (χ0) is 18.9. The fraction of sp³-hybridized carbons (Fsp3) is 0.263. The molecule has 0 bridgehead atoms. The highest BCUT2D eigenvalue weighted by molar-refractivity contribution is 6.34. The van der Waals surface area contributed by atoms with Gasteiger partial charge in [0.25, 0.3) is 5.91 Å². The van der Waals surface area contributed by atoms with Crippen molar-refractivity contribution in [2.45, 2.75) is 18.9 Å². The van der Waals surface area contributed by atoms with Crippen LogP contribution in [0.4, 0.5) is 5.69 Å². The van der Waals surface area contributed by atoms with Crippen molar-refractivity contribution in [1.29, 1.82) is 0 Å². The summed E-state index contributed by atoms with van der Waals surface area (Å²) < 4.78 is 15.8. The minimum atomic E-state index is -1.35. The van der Waals surface area contributed by atoms with E-state index in [9.17, 15) is 9.59 Å². The van der Waals surface area contributed by atoms with Crippen molar-refractivity contribution in [2.75, 3.05) is 19.5 Å². The third-order valence-corrected chi connectivity index (χ3v) is 4.60. The van der Waals surface area contributed by atoms with Crippen molar-refractivity contribution in [3.05, 3.63) is 52.5 Å². The van der Waals surface area contributed by atoms with Crippen molar-refractivity contribution in [3.8, 4) is 11.5 Å². The number of cyclic esters (lactones) is 1. The van der Waals surface area contributed by atoms with E-state index in [0.717, 1.165) is 5.56 Å². The number of rotatable bonds is 4. The molecule has 0 saturated heterocycles. The number of hydrogen-bond acceptors (Lipinski definition) is 5. The zero-order valence-electron chi connectivity index (χ0n) is 14.6. The highest BCUT2D eigenvalue weighted by Gasteiger charge is 2.42. The lowest BCUT2D eigenvalue weighted by molar-refractivity contribution is -0.134. The Kier molecular flexibility index (Phi) is 4.78. The Hall–Kier alpha value is -2.73. The Morgan fingerprint density at radius 2 is 1.85 bits per heavy atom. The van der Waals surface area contributed by atoms with Gasteiger partial charge in [-0.05, 0) is 18.6 Å². The van der Waals surface area contributed by atoms with Gasteiger partial charge in [-0.3, -0.25) is 4.79 Å². The van der Waals surface area contributed by atoms with E-state index >= 15 is 0 Å². The quantitative estimate of drug-likeness (QED) is 0.828. The summed E-state index contributed by atoms with van der Waals surface area (Å²) in [5.41, 5.74) is 0.231. The summed E-state index contributed by atoms with van der Waals surface area (Å²) in [4.78, 5) is 25.1. The molecule has 6 nitrogen and oxygen atoms in total. The standard InChI is InChI=1S/C19H18ClNO5/c1-19(10-11-6-4-5-7-12(11)17(22)26-19)18(23)21-14-9-16(25-3)15(24-2)8-13(14)20/h4-9H,10H2,1-3H3,(H,21,23). The predicted molar refractivity (Wildman–Crippen MR) is 97.2 cm³/mol. The second kappa shape index (κ2) is 6.88. The lowest BCUT2D eigenvalue weighted by Gasteiger charge is -2.33. The molecule has 0 spiro atoms. The van der Waals surface area contributed by atoms with Crippen molar-refractivity contribution in [1.82, 2.24) is 0 Å². The van der Waals surface area contributed by atoms with Gasteiger partial charge < -0.3 is 19.5 Å². The molecule has 2 aromatic rings. The van der Waals surface area contributed by atoms with Crippen LogP contribution in [0.3, 0.4) is 0 Å². The third-order valence-electron chi connectivity index (χ3n) is 4.28. The highest BCUT2D eigenvalue weighted by Crippen LogP contribution is 2.37. The number of nitrogens with one attached hydrogen (secondary N) is 1. The molecule has 7 heteroatoms. The molecule has 0 saturated carbocycles. The first-order valence-corrected chi connectivity index (χ1v) is 8.30. The molecule has 1 amide bonds. The Morgan fingerprint density at radius 3 is 2.54 bits per heavy atom. The number of halogens is 1. The number of anilines is 1. The molecular formula is C19H18ClNO5. The maximum absolute atomic E-state index is 12.8. The van der Waals surface area contributed by atoms with E-state index in [0.29, 0.717) is 22.7 Å². The fourth-order valence-electron chi connectivity index (χ4n) is 2.86. The van der Waals surface area contributed by atoms with Crippen LogP contribution in [-0.4, -0.2) is 31.7 Å². The number of carbonyl (C=O) groups excluding carboxylic acids is 2. The van der Waals surface area contributed by atoms with Gasteiger partial charge in [-0.2, -0.15) is 0 Å². The highest BCUT2D eigenvalue weighted by atomic mass is 35.5. The Labute approximate surface area is 156 Å². The van der Waals surface area contributed by atoms with Crippen LogP contribution in [0.25, 0.3) is 0 Å². The maximum atomic E-state index is 12.8. The molecule has 1 atom stereocenters. The predicted octanol–water partition coefficient (Wildman–Crippen LogP) is 3.47. The minimum Gasteiger partial charge on any atom is -0.493 e. The smallest absolute Gasteiger partial charge is 0.339 e. The number of methoxy groups -OCH3 is 2. The molecule has 3 rings (SSSR count).